The molecule has 0 radical (unpaired) electrons. The predicted molar refractivity (Wildman–Crippen MR) is 82.9 cm³/mol. The molecule has 20 heavy (non-hydrogen) atoms. The van der Waals surface area contributed by atoms with Crippen molar-refractivity contribution in [3.63, 3.8) is 0 Å². The Morgan fingerprint density at radius 3 is 3.05 bits per heavy atom. The molecule has 0 bridgehead atoms. The number of hydrogen-bond acceptors (Lipinski definition) is 3. The van der Waals surface area contributed by atoms with Crippen LogP contribution >= 0.6 is 0 Å². The number of allylic oxidation sites excluding steroid dienone is 2. The van der Waals surface area contributed by atoms with E-state index in [2.05, 4.69) is 33.7 Å². The van der Waals surface area contributed by atoms with Crippen molar-refractivity contribution in [2.24, 2.45) is 13.0 Å². The standard InChI is InChI=1S/C16H26N4/c1-19-13-16(11-18-19)20-9-5-8-15(12-20)17-10-14-6-3-2-4-7-14/h2-3,11,13-15,17H,4-10,12H2,1H3/t14-,15-/m1/s1. The third kappa shape index (κ3) is 3.42. The summed E-state index contributed by atoms with van der Waals surface area (Å²) in [6.45, 7) is 3.46. The van der Waals surface area contributed by atoms with Crippen molar-refractivity contribution < 1.29 is 0 Å². The van der Waals surface area contributed by atoms with E-state index in [-0.39, 0.29) is 0 Å². The number of nitrogens with zero attached hydrogens (tertiary/aromatic N) is 3. The smallest absolute Gasteiger partial charge is 0.0752 e. The lowest BCUT2D eigenvalue weighted by Crippen LogP contribution is -2.47. The lowest BCUT2D eigenvalue weighted by molar-refractivity contribution is 0.367. The number of anilines is 1. The maximum Gasteiger partial charge on any atom is 0.0752 e. The van der Waals surface area contributed by atoms with Crippen LogP contribution in [0.25, 0.3) is 0 Å². The molecule has 2 atom stereocenters. The molecule has 2 aliphatic rings. The van der Waals surface area contributed by atoms with Crippen molar-refractivity contribution in [2.75, 3.05) is 24.5 Å². The molecule has 1 fully saturated rings. The highest BCUT2D eigenvalue weighted by molar-refractivity contribution is 5.42. The van der Waals surface area contributed by atoms with Gasteiger partial charge in [0.05, 0.1) is 11.9 Å². The van der Waals surface area contributed by atoms with E-state index in [0.29, 0.717) is 6.04 Å². The van der Waals surface area contributed by atoms with Gasteiger partial charge in [-0.1, -0.05) is 12.2 Å². The molecule has 4 heteroatoms. The molecule has 1 N–H and O–H groups in total. The van der Waals surface area contributed by atoms with Crippen LogP contribution in [-0.2, 0) is 7.05 Å². The fourth-order valence-electron chi connectivity index (χ4n) is 3.32. The van der Waals surface area contributed by atoms with Gasteiger partial charge in [-0.05, 0) is 44.6 Å². The first kappa shape index (κ1) is 13.7. The Hall–Kier alpha value is -1.29. The van der Waals surface area contributed by atoms with E-state index in [1.54, 1.807) is 0 Å². The molecular weight excluding hydrogens is 248 g/mol. The van der Waals surface area contributed by atoms with Gasteiger partial charge in [0.1, 0.15) is 0 Å². The van der Waals surface area contributed by atoms with Crippen molar-refractivity contribution in [3.8, 4) is 0 Å². The molecule has 0 aromatic carbocycles. The van der Waals surface area contributed by atoms with Gasteiger partial charge in [0.25, 0.3) is 0 Å². The van der Waals surface area contributed by atoms with E-state index in [1.165, 1.54) is 44.3 Å². The Labute approximate surface area is 121 Å². The number of piperidine rings is 1. The lowest BCUT2D eigenvalue weighted by atomic mass is 9.94. The second-order valence-corrected chi connectivity index (χ2v) is 6.22. The third-order valence-electron chi connectivity index (χ3n) is 4.55. The van der Waals surface area contributed by atoms with E-state index < -0.39 is 0 Å². The van der Waals surface area contributed by atoms with E-state index in [0.717, 1.165) is 19.0 Å². The second-order valence-electron chi connectivity index (χ2n) is 6.22. The summed E-state index contributed by atoms with van der Waals surface area (Å²) in [4.78, 5) is 2.47. The zero-order valence-electron chi connectivity index (χ0n) is 12.5. The maximum atomic E-state index is 4.28. The zero-order valence-corrected chi connectivity index (χ0v) is 12.5. The maximum absolute atomic E-state index is 4.28. The average Bonchev–Trinajstić information content (AvgIpc) is 2.93. The van der Waals surface area contributed by atoms with Crippen LogP contribution in [0.5, 0.6) is 0 Å². The largest absolute Gasteiger partial charge is 0.367 e. The van der Waals surface area contributed by atoms with Gasteiger partial charge in [0, 0.05) is 32.4 Å². The first-order chi connectivity index (χ1) is 9.81. The molecule has 0 unspecified atom stereocenters. The minimum atomic E-state index is 0.634. The molecule has 1 saturated heterocycles. The highest BCUT2D eigenvalue weighted by atomic mass is 15.3. The highest BCUT2D eigenvalue weighted by Gasteiger charge is 2.21. The summed E-state index contributed by atoms with van der Waals surface area (Å²) in [7, 11) is 1.99. The van der Waals surface area contributed by atoms with Gasteiger partial charge in [0.2, 0.25) is 0 Å². The summed E-state index contributed by atoms with van der Waals surface area (Å²) in [6, 6.07) is 0.634. The average molecular weight is 274 g/mol. The monoisotopic (exact) mass is 274 g/mol. The SMILES string of the molecule is Cn1cc(N2CCC[C@@H](NC[C@@H]3CC=CCC3)C2)cn1. The van der Waals surface area contributed by atoms with Crippen LogP contribution in [0.1, 0.15) is 32.1 Å². The van der Waals surface area contributed by atoms with Crippen molar-refractivity contribution >= 4 is 5.69 Å². The van der Waals surface area contributed by atoms with Gasteiger partial charge in [0.15, 0.2) is 0 Å². The Bertz CT molecular complexity index is 451. The number of hydrogen-bond donors (Lipinski definition) is 1. The van der Waals surface area contributed by atoms with Crippen molar-refractivity contribution in [1.82, 2.24) is 15.1 Å². The van der Waals surface area contributed by atoms with Gasteiger partial charge in [-0.3, -0.25) is 4.68 Å². The summed E-state index contributed by atoms with van der Waals surface area (Å²) < 4.78 is 1.89. The van der Waals surface area contributed by atoms with Gasteiger partial charge < -0.3 is 10.2 Å². The van der Waals surface area contributed by atoms with Crippen LogP contribution in [0.3, 0.4) is 0 Å². The fourth-order valence-corrected chi connectivity index (χ4v) is 3.32. The number of nitrogens with one attached hydrogen (secondary N) is 1. The summed E-state index contributed by atoms with van der Waals surface area (Å²) in [6.07, 6.45) is 15.2. The third-order valence-corrected chi connectivity index (χ3v) is 4.55. The number of aromatic nitrogens is 2. The van der Waals surface area contributed by atoms with Gasteiger partial charge in [-0.2, -0.15) is 5.10 Å². The van der Waals surface area contributed by atoms with Crippen LogP contribution in [0.15, 0.2) is 24.5 Å². The minimum absolute atomic E-state index is 0.634. The zero-order chi connectivity index (χ0) is 13.8. The van der Waals surface area contributed by atoms with Gasteiger partial charge in [-0.25, -0.2) is 0 Å². The number of rotatable bonds is 4. The Balaban J connectivity index is 1.49. The van der Waals surface area contributed by atoms with Crippen molar-refractivity contribution in [1.29, 1.82) is 0 Å². The molecule has 1 aliphatic carbocycles. The summed E-state index contributed by atoms with van der Waals surface area (Å²) in [5, 5.41) is 8.08. The Morgan fingerprint density at radius 2 is 2.30 bits per heavy atom. The van der Waals surface area contributed by atoms with Crippen LogP contribution in [0, 0.1) is 5.92 Å². The normalized spacial score (nSPS) is 26.9. The molecule has 1 aliphatic heterocycles. The fraction of sp³-hybridized carbons (Fsp3) is 0.688. The quantitative estimate of drug-likeness (QED) is 0.856. The molecule has 110 valence electrons. The van der Waals surface area contributed by atoms with Gasteiger partial charge >= 0.3 is 0 Å². The molecular formula is C16H26N4. The molecule has 1 aromatic heterocycles. The number of aryl methyl sites for hydroxylation is 1. The molecule has 4 nitrogen and oxygen atoms in total. The topological polar surface area (TPSA) is 33.1 Å². The minimum Gasteiger partial charge on any atom is -0.367 e. The first-order valence-corrected chi connectivity index (χ1v) is 7.93. The first-order valence-electron chi connectivity index (χ1n) is 7.93. The predicted octanol–water partition coefficient (Wildman–Crippen LogP) is 2.33. The molecule has 3 rings (SSSR count). The lowest BCUT2D eigenvalue weighted by Gasteiger charge is -2.34. The molecule has 0 saturated carbocycles. The van der Waals surface area contributed by atoms with Crippen LogP contribution in [0.2, 0.25) is 0 Å². The van der Waals surface area contributed by atoms with E-state index in [9.17, 15) is 0 Å². The molecule has 0 spiro atoms. The molecule has 0 amide bonds. The van der Waals surface area contributed by atoms with Crippen molar-refractivity contribution in [3.05, 3.63) is 24.5 Å². The Morgan fingerprint density at radius 1 is 1.35 bits per heavy atom. The van der Waals surface area contributed by atoms with E-state index >= 15 is 0 Å². The van der Waals surface area contributed by atoms with E-state index in [1.807, 2.05) is 17.9 Å². The summed E-state index contributed by atoms with van der Waals surface area (Å²) in [5.74, 6) is 0.841. The van der Waals surface area contributed by atoms with Crippen LogP contribution in [0.4, 0.5) is 5.69 Å². The molecule has 1 aromatic rings. The van der Waals surface area contributed by atoms with Crippen LogP contribution < -0.4 is 10.2 Å². The highest BCUT2D eigenvalue weighted by Crippen LogP contribution is 2.21. The van der Waals surface area contributed by atoms with Crippen molar-refractivity contribution in [2.45, 2.75) is 38.1 Å². The van der Waals surface area contributed by atoms with E-state index in [4.69, 9.17) is 0 Å². The summed E-state index contributed by atoms with van der Waals surface area (Å²) >= 11 is 0. The molecule has 2 heterocycles. The Kier molecular flexibility index (Phi) is 4.41. The van der Waals surface area contributed by atoms with Gasteiger partial charge in [-0.15, -0.1) is 0 Å². The summed E-state index contributed by atoms with van der Waals surface area (Å²) in [5.41, 5.74) is 1.26. The second kappa shape index (κ2) is 6.44. The van der Waals surface area contributed by atoms with Crippen LogP contribution in [-0.4, -0.2) is 35.5 Å².